The van der Waals surface area contributed by atoms with Gasteiger partial charge in [-0.15, -0.1) is 0 Å². The number of para-hydroxylation sites is 1. The van der Waals surface area contributed by atoms with E-state index < -0.39 is 23.7 Å². The van der Waals surface area contributed by atoms with Crippen LogP contribution in [0.5, 0.6) is 0 Å². The molecule has 6 heteroatoms. The second kappa shape index (κ2) is 6.34. The fourth-order valence-electron chi connectivity index (χ4n) is 5.37. The molecule has 0 aromatic heterocycles. The van der Waals surface area contributed by atoms with E-state index in [-0.39, 0.29) is 23.6 Å². The van der Waals surface area contributed by atoms with Crippen molar-refractivity contribution in [3.63, 3.8) is 0 Å². The number of carbonyl (C=O) groups is 3. The number of nitrogens with one attached hydrogen (secondary N) is 1. The van der Waals surface area contributed by atoms with Crippen LogP contribution in [-0.2, 0) is 9.59 Å². The van der Waals surface area contributed by atoms with Crippen molar-refractivity contribution in [2.24, 2.45) is 11.8 Å². The van der Waals surface area contributed by atoms with Crippen LogP contribution in [0.4, 0.5) is 10.1 Å². The first-order valence-corrected chi connectivity index (χ1v) is 9.66. The number of quaternary nitrogens is 1. The number of hydrogen-bond acceptors (Lipinski definition) is 3. The lowest BCUT2D eigenvalue weighted by atomic mass is 9.85. The van der Waals surface area contributed by atoms with Crippen molar-refractivity contribution in [3.05, 3.63) is 66.0 Å². The first-order chi connectivity index (χ1) is 13.6. The molecular weight excluding hydrogens is 359 g/mol. The van der Waals surface area contributed by atoms with Crippen molar-refractivity contribution in [1.29, 1.82) is 0 Å². The second-order valence-corrected chi connectivity index (χ2v) is 7.82. The zero-order valence-electron chi connectivity index (χ0n) is 15.2. The topological polar surface area (TPSA) is 58.9 Å². The zero-order valence-corrected chi connectivity index (χ0v) is 15.2. The summed E-state index contributed by atoms with van der Waals surface area (Å²) < 4.78 is 13.3. The molecule has 2 aromatic carbocycles. The number of nitrogens with zero attached hydrogens (tertiary/aromatic N) is 1. The molecule has 142 valence electrons. The summed E-state index contributed by atoms with van der Waals surface area (Å²) in [7, 11) is 0. The average Bonchev–Trinajstić information content (AvgIpc) is 3.35. The molecule has 2 amide bonds. The minimum absolute atomic E-state index is 0.00967. The molecule has 2 aromatic rings. The summed E-state index contributed by atoms with van der Waals surface area (Å²) in [4.78, 5) is 42.1. The van der Waals surface area contributed by atoms with E-state index in [2.05, 4.69) is 0 Å². The Balaban J connectivity index is 1.55. The van der Waals surface area contributed by atoms with Crippen LogP contribution in [0.1, 0.15) is 23.2 Å². The monoisotopic (exact) mass is 379 g/mol. The summed E-state index contributed by atoms with van der Waals surface area (Å²) in [6, 6.07) is 13.7. The molecule has 0 spiro atoms. The Hall–Kier alpha value is -2.86. The third-order valence-corrected chi connectivity index (χ3v) is 6.47. The van der Waals surface area contributed by atoms with E-state index in [0.717, 1.165) is 24.3 Å². The van der Waals surface area contributed by atoms with E-state index in [0.29, 0.717) is 11.3 Å². The van der Waals surface area contributed by atoms with E-state index in [1.807, 2.05) is 6.07 Å². The van der Waals surface area contributed by atoms with Crippen LogP contribution in [0.25, 0.3) is 0 Å². The molecule has 1 unspecified atom stereocenters. The molecular formula is C22H20FN2O3+. The molecule has 5 rings (SSSR count). The molecule has 3 aliphatic heterocycles. The summed E-state index contributed by atoms with van der Waals surface area (Å²) in [6.07, 6.45) is 1.77. The second-order valence-electron chi connectivity index (χ2n) is 7.82. The van der Waals surface area contributed by atoms with Gasteiger partial charge in [0.1, 0.15) is 23.7 Å². The van der Waals surface area contributed by atoms with Gasteiger partial charge in [0, 0.05) is 18.4 Å². The van der Waals surface area contributed by atoms with Gasteiger partial charge in [-0.25, -0.2) is 9.29 Å². The molecule has 3 heterocycles. The molecule has 0 radical (unpaired) electrons. The first kappa shape index (κ1) is 17.3. The highest BCUT2D eigenvalue weighted by molar-refractivity contribution is 6.24. The van der Waals surface area contributed by atoms with Crippen LogP contribution in [0.2, 0.25) is 0 Å². The Morgan fingerprint density at radius 3 is 2.36 bits per heavy atom. The highest BCUT2D eigenvalue weighted by atomic mass is 19.1. The van der Waals surface area contributed by atoms with Crippen LogP contribution in [0.15, 0.2) is 54.6 Å². The minimum atomic E-state index is -0.648. The zero-order chi connectivity index (χ0) is 19.4. The molecule has 0 saturated carbocycles. The lowest BCUT2D eigenvalue weighted by molar-refractivity contribution is -0.915. The largest absolute Gasteiger partial charge is 0.322 e. The molecule has 3 fully saturated rings. The molecule has 5 nitrogen and oxygen atoms in total. The molecule has 0 bridgehead atoms. The fourth-order valence-corrected chi connectivity index (χ4v) is 5.37. The van der Waals surface area contributed by atoms with Gasteiger partial charge >= 0.3 is 0 Å². The molecule has 5 atom stereocenters. The van der Waals surface area contributed by atoms with Gasteiger partial charge in [0.2, 0.25) is 17.6 Å². The molecule has 3 aliphatic rings. The standard InChI is InChI=1S/C22H19FN2O3/c23-14-10-8-13(9-11-14)20(26)19-18-17(16-7-4-12-24(16)19)21(27)25(22(18)28)15-5-2-1-3-6-15/h1-3,5-6,8-11,16-19H,4,7,12H2/p+1/t16-,17+,18-,19+/m1/s1. The van der Waals surface area contributed by atoms with Gasteiger partial charge in [-0.2, -0.15) is 0 Å². The lowest BCUT2D eigenvalue weighted by Crippen LogP contribution is -3.16. The summed E-state index contributed by atoms with van der Waals surface area (Å²) in [5, 5.41) is 0. The number of fused-ring (bicyclic) bond motifs is 3. The molecule has 3 saturated heterocycles. The van der Waals surface area contributed by atoms with Crippen molar-refractivity contribution < 1.29 is 23.7 Å². The SMILES string of the molecule is O=C(c1ccc(F)cc1)[C@@H]1[C@@H]2C(=O)N(c3ccccc3)C(=O)[C@H]2[C@H]2CCC[NH+]21. The van der Waals surface area contributed by atoms with Gasteiger partial charge < -0.3 is 4.90 Å². The fraction of sp³-hybridized carbons (Fsp3) is 0.318. The predicted octanol–water partition coefficient (Wildman–Crippen LogP) is 1.24. The Morgan fingerprint density at radius 1 is 0.964 bits per heavy atom. The smallest absolute Gasteiger partial charge is 0.244 e. The number of rotatable bonds is 3. The van der Waals surface area contributed by atoms with Gasteiger partial charge in [-0.1, -0.05) is 18.2 Å². The maximum absolute atomic E-state index is 13.3. The van der Waals surface area contributed by atoms with Crippen LogP contribution in [0, 0.1) is 17.7 Å². The Bertz CT molecular complexity index is 960. The van der Waals surface area contributed by atoms with Gasteiger partial charge in [-0.3, -0.25) is 14.4 Å². The predicted molar refractivity (Wildman–Crippen MR) is 99.3 cm³/mol. The number of halogens is 1. The van der Waals surface area contributed by atoms with Gasteiger partial charge in [0.15, 0.2) is 6.04 Å². The lowest BCUT2D eigenvalue weighted by Gasteiger charge is -2.25. The maximum Gasteiger partial charge on any atom is 0.244 e. The molecule has 28 heavy (non-hydrogen) atoms. The summed E-state index contributed by atoms with van der Waals surface area (Å²) in [5.41, 5.74) is 0.947. The molecule has 0 aliphatic carbocycles. The Kier molecular flexibility index (Phi) is 3.91. The maximum atomic E-state index is 13.3. The minimum Gasteiger partial charge on any atom is -0.322 e. The van der Waals surface area contributed by atoms with Gasteiger partial charge in [0.05, 0.1) is 12.2 Å². The highest BCUT2D eigenvalue weighted by Gasteiger charge is 2.68. The third-order valence-electron chi connectivity index (χ3n) is 6.47. The third kappa shape index (κ3) is 2.37. The number of hydrogen-bond donors (Lipinski definition) is 1. The van der Waals surface area contributed by atoms with Gasteiger partial charge in [0.25, 0.3) is 0 Å². The normalized spacial score (nSPS) is 31.2. The number of amides is 2. The Labute approximate surface area is 161 Å². The summed E-state index contributed by atoms with van der Waals surface area (Å²) in [5.74, 6) is -2.17. The van der Waals surface area contributed by atoms with E-state index in [4.69, 9.17) is 0 Å². The van der Waals surface area contributed by atoms with E-state index in [1.165, 1.54) is 29.2 Å². The average molecular weight is 379 g/mol. The highest BCUT2D eigenvalue weighted by Crippen LogP contribution is 2.40. The van der Waals surface area contributed by atoms with Crippen molar-refractivity contribution >= 4 is 23.3 Å². The van der Waals surface area contributed by atoms with Crippen molar-refractivity contribution in [1.82, 2.24) is 0 Å². The Morgan fingerprint density at radius 2 is 1.64 bits per heavy atom. The summed E-state index contributed by atoms with van der Waals surface area (Å²) >= 11 is 0. The van der Waals surface area contributed by atoms with E-state index in [1.54, 1.807) is 24.3 Å². The number of carbonyl (C=O) groups excluding carboxylic acids is 3. The van der Waals surface area contributed by atoms with E-state index >= 15 is 0 Å². The van der Waals surface area contributed by atoms with Crippen molar-refractivity contribution in [2.75, 3.05) is 11.4 Å². The quantitative estimate of drug-likeness (QED) is 0.645. The molecule has 1 N–H and O–H groups in total. The van der Waals surface area contributed by atoms with Gasteiger partial charge in [-0.05, 0) is 36.4 Å². The number of ketones is 1. The van der Waals surface area contributed by atoms with Crippen molar-refractivity contribution in [2.45, 2.75) is 24.9 Å². The van der Waals surface area contributed by atoms with Crippen LogP contribution < -0.4 is 9.80 Å². The number of benzene rings is 2. The van der Waals surface area contributed by atoms with Crippen LogP contribution in [0.3, 0.4) is 0 Å². The number of Topliss-reactive ketones (excluding diaryl/α,β-unsaturated/α-hetero) is 1. The van der Waals surface area contributed by atoms with E-state index in [9.17, 15) is 18.8 Å². The summed E-state index contributed by atoms with van der Waals surface area (Å²) in [6.45, 7) is 0.779. The van der Waals surface area contributed by atoms with Crippen LogP contribution >= 0.6 is 0 Å². The van der Waals surface area contributed by atoms with Crippen molar-refractivity contribution in [3.8, 4) is 0 Å². The van der Waals surface area contributed by atoms with Crippen LogP contribution in [-0.4, -0.2) is 36.2 Å². The first-order valence-electron chi connectivity index (χ1n) is 9.66. The number of anilines is 1. The number of imide groups is 1.